The van der Waals surface area contributed by atoms with Crippen molar-refractivity contribution in [1.29, 1.82) is 0 Å². The number of carbonyl (C=O) groups excluding carboxylic acids is 1. The van der Waals surface area contributed by atoms with Gasteiger partial charge in [0.1, 0.15) is 0 Å². The molecule has 1 aromatic heterocycles. The van der Waals surface area contributed by atoms with Gasteiger partial charge in [-0.15, -0.1) is 0 Å². The van der Waals surface area contributed by atoms with E-state index >= 15 is 0 Å². The fraction of sp³-hybridized carbons (Fsp3) is 0.281. The number of para-hydroxylation sites is 1. The molecule has 1 fully saturated rings. The SMILES string of the molecule is COCC[C@@H]1C[C@@H](NC(=O)Cc2c(C)c(-c3ccc(C(=O)O)cc3)nn2-c2ccccc2)[C@H](c2ccc(F)c(F)c2)N1. The van der Waals surface area contributed by atoms with Crippen molar-refractivity contribution in [2.24, 2.45) is 0 Å². The van der Waals surface area contributed by atoms with Crippen molar-refractivity contribution >= 4 is 11.9 Å². The number of halogens is 2. The van der Waals surface area contributed by atoms with Gasteiger partial charge in [0, 0.05) is 31.4 Å². The molecule has 8 nitrogen and oxygen atoms in total. The van der Waals surface area contributed by atoms with Crippen molar-refractivity contribution in [3.63, 3.8) is 0 Å². The van der Waals surface area contributed by atoms with Gasteiger partial charge in [0.15, 0.2) is 11.6 Å². The van der Waals surface area contributed by atoms with Gasteiger partial charge in [-0.2, -0.15) is 5.10 Å². The summed E-state index contributed by atoms with van der Waals surface area (Å²) >= 11 is 0. The van der Waals surface area contributed by atoms with Crippen molar-refractivity contribution in [3.8, 4) is 16.9 Å². The molecule has 3 atom stereocenters. The van der Waals surface area contributed by atoms with Crippen LogP contribution in [0, 0.1) is 18.6 Å². The Morgan fingerprint density at radius 2 is 1.81 bits per heavy atom. The smallest absolute Gasteiger partial charge is 0.335 e. The Morgan fingerprint density at radius 1 is 1.07 bits per heavy atom. The fourth-order valence-electron chi connectivity index (χ4n) is 5.49. The van der Waals surface area contributed by atoms with Crippen LogP contribution in [0.1, 0.15) is 46.1 Å². The predicted octanol–water partition coefficient (Wildman–Crippen LogP) is 4.99. The lowest BCUT2D eigenvalue weighted by Gasteiger charge is -2.22. The van der Waals surface area contributed by atoms with E-state index in [4.69, 9.17) is 9.84 Å². The minimum atomic E-state index is -1.02. The summed E-state index contributed by atoms with van der Waals surface area (Å²) in [5.41, 5.74) is 4.34. The second-order valence-electron chi connectivity index (χ2n) is 10.4. The van der Waals surface area contributed by atoms with E-state index in [1.54, 1.807) is 23.9 Å². The Labute approximate surface area is 242 Å². The predicted molar refractivity (Wildman–Crippen MR) is 153 cm³/mol. The molecule has 218 valence electrons. The zero-order chi connectivity index (χ0) is 29.8. The van der Waals surface area contributed by atoms with Gasteiger partial charge in [-0.1, -0.05) is 36.4 Å². The largest absolute Gasteiger partial charge is 0.478 e. The molecular formula is C32H32F2N4O4. The molecule has 3 N–H and O–H groups in total. The van der Waals surface area contributed by atoms with Gasteiger partial charge >= 0.3 is 5.97 Å². The first-order valence-electron chi connectivity index (χ1n) is 13.7. The Hall–Kier alpha value is -4.41. The third-order valence-electron chi connectivity index (χ3n) is 7.65. The summed E-state index contributed by atoms with van der Waals surface area (Å²) in [4.78, 5) is 24.9. The molecule has 0 radical (unpaired) electrons. The molecule has 2 heterocycles. The summed E-state index contributed by atoms with van der Waals surface area (Å²) in [6, 6.07) is 19.0. The second kappa shape index (κ2) is 12.6. The van der Waals surface area contributed by atoms with Crippen LogP contribution in [-0.2, 0) is 16.0 Å². The van der Waals surface area contributed by atoms with E-state index in [9.17, 15) is 23.5 Å². The topological polar surface area (TPSA) is 105 Å². The van der Waals surface area contributed by atoms with Crippen LogP contribution in [0.25, 0.3) is 16.9 Å². The molecule has 3 aromatic carbocycles. The number of nitrogens with zero attached hydrogens (tertiary/aromatic N) is 2. The second-order valence-corrected chi connectivity index (χ2v) is 10.4. The van der Waals surface area contributed by atoms with E-state index < -0.39 is 23.6 Å². The van der Waals surface area contributed by atoms with Gasteiger partial charge < -0.3 is 20.5 Å². The quantitative estimate of drug-likeness (QED) is 0.247. The van der Waals surface area contributed by atoms with Crippen molar-refractivity contribution in [2.75, 3.05) is 13.7 Å². The molecule has 0 saturated carbocycles. The molecule has 1 aliphatic heterocycles. The van der Waals surface area contributed by atoms with Crippen LogP contribution in [-0.4, -0.2) is 52.6 Å². The van der Waals surface area contributed by atoms with Crippen LogP contribution < -0.4 is 10.6 Å². The molecule has 0 bridgehead atoms. The number of rotatable bonds is 10. The van der Waals surface area contributed by atoms with Crippen molar-refractivity contribution < 1.29 is 28.2 Å². The summed E-state index contributed by atoms with van der Waals surface area (Å²) in [5, 5.41) is 20.7. The number of methoxy groups -OCH3 is 1. The molecule has 4 aromatic rings. The molecule has 0 unspecified atom stereocenters. The molecular weight excluding hydrogens is 542 g/mol. The molecule has 1 aliphatic rings. The molecule has 1 saturated heterocycles. The number of carboxylic acid groups (broad SMARTS) is 1. The number of benzene rings is 3. The van der Waals surface area contributed by atoms with Gasteiger partial charge in [-0.3, -0.25) is 4.79 Å². The molecule has 1 amide bonds. The summed E-state index contributed by atoms with van der Waals surface area (Å²) < 4.78 is 34.7. The highest BCUT2D eigenvalue weighted by Crippen LogP contribution is 2.31. The Balaban J connectivity index is 1.43. The maximum atomic E-state index is 14.1. The highest BCUT2D eigenvalue weighted by Gasteiger charge is 2.36. The van der Waals surface area contributed by atoms with Crippen LogP contribution in [0.15, 0.2) is 72.8 Å². The van der Waals surface area contributed by atoms with E-state index in [1.165, 1.54) is 24.3 Å². The van der Waals surface area contributed by atoms with E-state index in [-0.39, 0.29) is 30.0 Å². The van der Waals surface area contributed by atoms with Crippen LogP contribution in [0.5, 0.6) is 0 Å². The Morgan fingerprint density at radius 3 is 2.48 bits per heavy atom. The van der Waals surface area contributed by atoms with Crippen LogP contribution >= 0.6 is 0 Å². The van der Waals surface area contributed by atoms with E-state index in [1.807, 2.05) is 37.3 Å². The van der Waals surface area contributed by atoms with Gasteiger partial charge in [0.05, 0.1) is 35.1 Å². The normalized spacial score (nSPS) is 18.2. The number of nitrogens with one attached hydrogen (secondary N) is 2. The summed E-state index contributed by atoms with van der Waals surface area (Å²) in [6.07, 6.45) is 1.31. The molecule has 5 rings (SSSR count). The van der Waals surface area contributed by atoms with Crippen molar-refractivity contribution in [1.82, 2.24) is 20.4 Å². The summed E-state index contributed by atoms with van der Waals surface area (Å²) in [7, 11) is 1.62. The monoisotopic (exact) mass is 574 g/mol. The third-order valence-corrected chi connectivity index (χ3v) is 7.65. The molecule has 10 heteroatoms. The van der Waals surface area contributed by atoms with E-state index in [2.05, 4.69) is 10.6 Å². The first kappa shape index (κ1) is 29.1. The lowest BCUT2D eigenvalue weighted by Crippen LogP contribution is -2.39. The minimum absolute atomic E-state index is 0.0185. The summed E-state index contributed by atoms with van der Waals surface area (Å²) in [5.74, 6) is -3.12. The lowest BCUT2D eigenvalue weighted by atomic mass is 9.99. The number of hydrogen-bond donors (Lipinski definition) is 3. The lowest BCUT2D eigenvalue weighted by molar-refractivity contribution is -0.121. The van der Waals surface area contributed by atoms with Gasteiger partial charge in [0.2, 0.25) is 5.91 Å². The van der Waals surface area contributed by atoms with Crippen molar-refractivity contribution in [2.45, 2.75) is 44.3 Å². The number of aromatic carboxylic acids is 1. The number of amides is 1. The van der Waals surface area contributed by atoms with Gasteiger partial charge in [-0.25, -0.2) is 18.3 Å². The van der Waals surface area contributed by atoms with Crippen molar-refractivity contribution in [3.05, 3.63) is 107 Å². The maximum Gasteiger partial charge on any atom is 0.335 e. The number of hydrogen-bond acceptors (Lipinski definition) is 5. The number of ether oxygens (including phenoxy) is 1. The first-order valence-corrected chi connectivity index (χ1v) is 13.7. The van der Waals surface area contributed by atoms with E-state index in [0.29, 0.717) is 36.4 Å². The average molecular weight is 575 g/mol. The Bertz CT molecular complexity index is 1570. The van der Waals surface area contributed by atoms with Gasteiger partial charge in [-0.05, 0) is 67.3 Å². The molecule has 0 spiro atoms. The highest BCUT2D eigenvalue weighted by atomic mass is 19.2. The number of carboxylic acids is 1. The first-order chi connectivity index (χ1) is 20.2. The van der Waals surface area contributed by atoms with Crippen LogP contribution in [0.4, 0.5) is 8.78 Å². The molecule has 42 heavy (non-hydrogen) atoms. The zero-order valence-electron chi connectivity index (χ0n) is 23.3. The third kappa shape index (κ3) is 6.24. The minimum Gasteiger partial charge on any atom is -0.478 e. The fourth-order valence-corrected chi connectivity index (χ4v) is 5.49. The van der Waals surface area contributed by atoms with E-state index in [0.717, 1.165) is 22.9 Å². The van der Waals surface area contributed by atoms with Gasteiger partial charge in [0.25, 0.3) is 0 Å². The highest BCUT2D eigenvalue weighted by molar-refractivity contribution is 5.88. The molecule has 0 aliphatic carbocycles. The summed E-state index contributed by atoms with van der Waals surface area (Å²) in [6.45, 7) is 2.41. The maximum absolute atomic E-state index is 14.1. The van der Waals surface area contributed by atoms with Crippen LogP contribution in [0.3, 0.4) is 0 Å². The Kier molecular flexibility index (Phi) is 8.75. The zero-order valence-corrected chi connectivity index (χ0v) is 23.3. The number of aromatic nitrogens is 2. The standard InChI is InChI=1S/C32H32F2N4O4/c1-19-28(38(24-6-4-3-5-7-24)37-30(19)20-8-10-21(11-9-20)32(40)41)18-29(39)36-27-17-23(14-15-42-2)35-31(27)22-12-13-25(33)26(34)16-22/h3-13,16,23,27,31,35H,14-15,17-18H2,1-2H3,(H,36,39)(H,40,41)/t23-,27-,31+/m1/s1. The number of carbonyl (C=O) groups is 2. The van der Waals surface area contributed by atoms with Crippen LogP contribution in [0.2, 0.25) is 0 Å². The average Bonchev–Trinajstić information content (AvgIpc) is 3.54.